The molecule has 0 unspecified atom stereocenters. The number of thioether (sulfide) groups is 1. The molecule has 0 aliphatic heterocycles. The Bertz CT molecular complexity index is 1690. The molecule has 1 aromatic heterocycles. The molecule has 0 aliphatic carbocycles. The van der Waals surface area contributed by atoms with Gasteiger partial charge in [-0.2, -0.15) is 5.10 Å². The fraction of sp³-hybridized carbons (Fsp3) is 0.161. The number of ether oxygens (including phenoxy) is 3. The number of methoxy groups -OCH3 is 3. The van der Waals surface area contributed by atoms with Crippen LogP contribution < -0.4 is 19.6 Å². The van der Waals surface area contributed by atoms with Crippen LogP contribution in [0.4, 0.5) is 0 Å². The highest BCUT2D eigenvalue weighted by molar-refractivity contribution is 7.99. The van der Waals surface area contributed by atoms with Gasteiger partial charge in [-0.15, -0.1) is 10.2 Å². The van der Waals surface area contributed by atoms with Crippen molar-refractivity contribution in [2.75, 3.05) is 27.1 Å². The maximum atomic E-state index is 12.8. The van der Waals surface area contributed by atoms with Crippen molar-refractivity contribution in [1.82, 2.24) is 20.2 Å². The number of rotatable bonds is 10. The first kappa shape index (κ1) is 27.7. The van der Waals surface area contributed by atoms with Gasteiger partial charge in [0.2, 0.25) is 5.75 Å². The monoisotopic (exact) mass is 567 g/mol. The van der Waals surface area contributed by atoms with Crippen molar-refractivity contribution >= 4 is 34.2 Å². The molecule has 41 heavy (non-hydrogen) atoms. The van der Waals surface area contributed by atoms with E-state index >= 15 is 0 Å². The summed E-state index contributed by atoms with van der Waals surface area (Å²) in [6.07, 6.45) is 0. The van der Waals surface area contributed by atoms with Gasteiger partial charge in [0, 0.05) is 16.8 Å². The van der Waals surface area contributed by atoms with Crippen molar-refractivity contribution in [3.63, 3.8) is 0 Å². The molecule has 1 heterocycles. The smallest absolute Gasteiger partial charge is 0.250 e. The molecule has 0 bridgehead atoms. The fourth-order valence-corrected chi connectivity index (χ4v) is 5.22. The number of para-hydroxylation sites is 1. The zero-order valence-corrected chi connectivity index (χ0v) is 23.9. The van der Waals surface area contributed by atoms with E-state index in [1.165, 1.54) is 11.8 Å². The Balaban J connectivity index is 1.40. The average Bonchev–Trinajstić information content (AvgIpc) is 3.46. The van der Waals surface area contributed by atoms with Gasteiger partial charge in [-0.25, -0.2) is 5.43 Å². The molecule has 0 saturated heterocycles. The molecule has 0 spiro atoms. The first-order valence-electron chi connectivity index (χ1n) is 12.8. The number of hydrazone groups is 1. The van der Waals surface area contributed by atoms with Gasteiger partial charge in [-0.1, -0.05) is 72.4 Å². The lowest BCUT2D eigenvalue weighted by molar-refractivity contribution is -0.118. The van der Waals surface area contributed by atoms with E-state index in [1.807, 2.05) is 84.3 Å². The van der Waals surface area contributed by atoms with Crippen LogP contribution in [-0.4, -0.2) is 53.5 Å². The van der Waals surface area contributed by atoms with E-state index in [-0.39, 0.29) is 11.7 Å². The number of nitrogens with zero attached hydrogens (tertiary/aromatic N) is 4. The lowest BCUT2D eigenvalue weighted by Gasteiger charge is -2.15. The summed E-state index contributed by atoms with van der Waals surface area (Å²) in [7, 11) is 4.68. The second-order valence-electron chi connectivity index (χ2n) is 8.94. The van der Waals surface area contributed by atoms with Crippen LogP contribution in [-0.2, 0) is 4.79 Å². The fourth-order valence-electron chi connectivity index (χ4n) is 4.48. The van der Waals surface area contributed by atoms with Crippen LogP contribution >= 0.6 is 11.8 Å². The zero-order valence-electron chi connectivity index (χ0n) is 23.1. The Morgan fingerprint density at radius 1 is 0.878 bits per heavy atom. The number of hydrogen-bond donors (Lipinski definition) is 1. The molecular weight excluding hydrogens is 538 g/mol. The molecule has 1 amide bonds. The van der Waals surface area contributed by atoms with Crippen LogP contribution in [0.5, 0.6) is 17.2 Å². The number of aromatic nitrogens is 3. The molecule has 4 aromatic carbocycles. The van der Waals surface area contributed by atoms with E-state index in [0.29, 0.717) is 33.8 Å². The van der Waals surface area contributed by atoms with E-state index in [2.05, 4.69) is 32.9 Å². The Labute approximate surface area is 242 Å². The van der Waals surface area contributed by atoms with Crippen LogP contribution in [0.3, 0.4) is 0 Å². The third-order valence-electron chi connectivity index (χ3n) is 6.43. The summed E-state index contributed by atoms with van der Waals surface area (Å²) in [5.41, 5.74) is 5.92. The highest BCUT2D eigenvalue weighted by Gasteiger charge is 2.21. The minimum atomic E-state index is -0.258. The van der Waals surface area contributed by atoms with Gasteiger partial charge in [0.25, 0.3) is 5.91 Å². The molecular formula is C31H29N5O4S. The number of carbonyl (C=O) groups is 1. The number of benzene rings is 4. The van der Waals surface area contributed by atoms with E-state index in [9.17, 15) is 4.79 Å². The van der Waals surface area contributed by atoms with Crippen LogP contribution in [0, 0.1) is 0 Å². The Morgan fingerprint density at radius 2 is 1.56 bits per heavy atom. The molecule has 5 rings (SSSR count). The summed E-state index contributed by atoms with van der Waals surface area (Å²) in [5.74, 6) is 1.87. The molecule has 0 fully saturated rings. The molecule has 208 valence electrons. The highest BCUT2D eigenvalue weighted by atomic mass is 32.2. The summed E-state index contributed by atoms with van der Waals surface area (Å²) < 4.78 is 18.4. The van der Waals surface area contributed by atoms with E-state index in [0.717, 1.165) is 27.7 Å². The van der Waals surface area contributed by atoms with Gasteiger partial charge in [-0.3, -0.25) is 9.36 Å². The third-order valence-corrected chi connectivity index (χ3v) is 7.36. The topological polar surface area (TPSA) is 99.9 Å². The quantitative estimate of drug-likeness (QED) is 0.130. The van der Waals surface area contributed by atoms with E-state index in [4.69, 9.17) is 14.2 Å². The largest absolute Gasteiger partial charge is 0.493 e. The maximum absolute atomic E-state index is 12.8. The van der Waals surface area contributed by atoms with Gasteiger partial charge in [0.15, 0.2) is 22.5 Å². The molecule has 9 nitrogen and oxygen atoms in total. The Hall–Kier alpha value is -4.83. The predicted molar refractivity (Wildman–Crippen MR) is 161 cm³/mol. The zero-order chi connectivity index (χ0) is 28.8. The molecule has 5 aromatic rings. The van der Waals surface area contributed by atoms with Crippen LogP contribution in [0.15, 0.2) is 95.2 Å². The van der Waals surface area contributed by atoms with Gasteiger partial charge in [-0.05, 0) is 42.0 Å². The Kier molecular flexibility index (Phi) is 8.50. The van der Waals surface area contributed by atoms with Crippen molar-refractivity contribution in [2.45, 2.75) is 12.1 Å². The maximum Gasteiger partial charge on any atom is 0.250 e. The number of fused-ring (bicyclic) bond motifs is 1. The van der Waals surface area contributed by atoms with Crippen molar-refractivity contribution < 1.29 is 19.0 Å². The van der Waals surface area contributed by atoms with Crippen LogP contribution in [0.2, 0.25) is 0 Å². The van der Waals surface area contributed by atoms with E-state index in [1.54, 1.807) is 21.3 Å². The van der Waals surface area contributed by atoms with Crippen molar-refractivity contribution in [2.24, 2.45) is 5.10 Å². The number of hydrogen-bond acceptors (Lipinski definition) is 8. The first-order valence-corrected chi connectivity index (χ1v) is 13.8. The summed E-state index contributed by atoms with van der Waals surface area (Å²) in [6, 6.07) is 27.4. The third kappa shape index (κ3) is 5.87. The molecule has 0 saturated carbocycles. The SMILES string of the molecule is COc1cc(-c2nnc(SCC(=O)N/N=C(/C)c3cccc4ccccc34)n2-c2ccccc2)cc(OC)c1OC. The van der Waals surface area contributed by atoms with Gasteiger partial charge < -0.3 is 14.2 Å². The predicted octanol–water partition coefficient (Wildman–Crippen LogP) is 5.75. The second kappa shape index (κ2) is 12.6. The first-order chi connectivity index (χ1) is 20.0. The average molecular weight is 568 g/mol. The molecule has 10 heteroatoms. The minimum Gasteiger partial charge on any atom is -0.493 e. The normalized spacial score (nSPS) is 11.4. The van der Waals surface area contributed by atoms with E-state index < -0.39 is 0 Å². The van der Waals surface area contributed by atoms with Crippen LogP contribution in [0.1, 0.15) is 12.5 Å². The van der Waals surface area contributed by atoms with Crippen molar-refractivity contribution in [3.05, 3.63) is 90.5 Å². The summed E-state index contributed by atoms with van der Waals surface area (Å²) >= 11 is 1.26. The lowest BCUT2D eigenvalue weighted by atomic mass is 10.0. The molecule has 1 N–H and O–H groups in total. The second-order valence-corrected chi connectivity index (χ2v) is 9.88. The van der Waals surface area contributed by atoms with Crippen LogP contribution in [0.25, 0.3) is 27.8 Å². The molecule has 0 atom stereocenters. The Morgan fingerprint density at radius 3 is 2.27 bits per heavy atom. The highest BCUT2D eigenvalue weighted by Crippen LogP contribution is 2.41. The van der Waals surface area contributed by atoms with Crippen molar-refractivity contribution in [1.29, 1.82) is 0 Å². The summed E-state index contributed by atoms with van der Waals surface area (Å²) in [6.45, 7) is 1.88. The lowest BCUT2D eigenvalue weighted by Crippen LogP contribution is -2.21. The number of amides is 1. The van der Waals surface area contributed by atoms with Gasteiger partial charge in [0.1, 0.15) is 0 Å². The van der Waals surface area contributed by atoms with Gasteiger partial charge >= 0.3 is 0 Å². The summed E-state index contributed by atoms with van der Waals surface area (Å²) in [5, 5.41) is 16.0. The number of nitrogens with one attached hydrogen (secondary N) is 1. The molecule has 0 aliphatic rings. The summed E-state index contributed by atoms with van der Waals surface area (Å²) in [4.78, 5) is 12.8. The molecule has 0 radical (unpaired) electrons. The van der Waals surface area contributed by atoms with Crippen molar-refractivity contribution in [3.8, 4) is 34.3 Å². The standard InChI is InChI=1S/C31H29N5O4S/c1-20(24-16-10-12-21-11-8-9-15-25(21)24)32-33-28(37)19-41-31-35-34-30(36(31)23-13-6-5-7-14-23)22-17-26(38-2)29(40-4)27(18-22)39-3/h5-18H,19H2,1-4H3,(H,33,37)/b32-20-. The van der Waals surface area contributed by atoms with Gasteiger partial charge in [0.05, 0.1) is 32.8 Å². The minimum absolute atomic E-state index is 0.0898. The number of carbonyl (C=O) groups excluding carboxylic acids is 1.